The van der Waals surface area contributed by atoms with E-state index in [2.05, 4.69) is 47.5 Å². The third kappa shape index (κ3) is 5.64. The van der Waals surface area contributed by atoms with Crippen molar-refractivity contribution in [3.63, 3.8) is 0 Å². The molecule has 2 aliphatic heterocycles. The number of furan rings is 1. The summed E-state index contributed by atoms with van der Waals surface area (Å²) in [6, 6.07) is 14.2. The first-order chi connectivity index (χ1) is 15.2. The van der Waals surface area contributed by atoms with Crippen molar-refractivity contribution in [2.75, 3.05) is 52.5 Å². The lowest BCUT2D eigenvalue weighted by molar-refractivity contribution is 0.0529. The molecule has 2 saturated heterocycles. The topological polar surface area (TPSA) is 70.3 Å². The van der Waals surface area contributed by atoms with Gasteiger partial charge in [-0.3, -0.25) is 9.79 Å². The maximum atomic E-state index is 12.6. The maximum Gasteiger partial charge on any atom is 0.289 e. The van der Waals surface area contributed by atoms with Gasteiger partial charge < -0.3 is 24.3 Å². The van der Waals surface area contributed by atoms with Crippen molar-refractivity contribution in [1.82, 2.24) is 15.1 Å². The summed E-state index contributed by atoms with van der Waals surface area (Å²) in [5.74, 6) is 1.28. The van der Waals surface area contributed by atoms with Gasteiger partial charge in [-0.25, -0.2) is 0 Å². The van der Waals surface area contributed by atoms with Gasteiger partial charge in [0.2, 0.25) is 0 Å². The molecule has 1 aromatic carbocycles. The number of ether oxygens (including phenoxy) is 1. The minimum absolute atomic E-state index is 0. The lowest BCUT2D eigenvalue weighted by atomic mass is 9.74. The average Bonchev–Trinajstić information content (AvgIpc) is 3.38. The van der Waals surface area contributed by atoms with Crippen LogP contribution in [0.4, 0.5) is 0 Å². The number of benzene rings is 1. The van der Waals surface area contributed by atoms with E-state index in [4.69, 9.17) is 14.1 Å². The fraction of sp³-hybridized carbons (Fsp3) is 0.500. The fourth-order valence-corrected chi connectivity index (χ4v) is 4.42. The summed E-state index contributed by atoms with van der Waals surface area (Å²) >= 11 is 0. The number of rotatable bonds is 5. The summed E-state index contributed by atoms with van der Waals surface area (Å²) < 4.78 is 10.9. The Bertz CT molecular complexity index is 859. The molecule has 1 N–H and O–H groups in total. The number of piperazine rings is 1. The van der Waals surface area contributed by atoms with Gasteiger partial charge in [-0.2, -0.15) is 0 Å². The van der Waals surface area contributed by atoms with Gasteiger partial charge >= 0.3 is 0 Å². The highest BCUT2D eigenvalue weighted by Crippen LogP contribution is 2.35. The summed E-state index contributed by atoms with van der Waals surface area (Å²) in [4.78, 5) is 21.7. The molecule has 3 heterocycles. The molecular formula is C24H33IN4O3. The Balaban J connectivity index is 0.00000289. The number of aliphatic imine (C=N–C) groups is 1. The summed E-state index contributed by atoms with van der Waals surface area (Å²) in [6.07, 6.45) is 3.50. The normalized spacial score (nSPS) is 18.7. The smallest absolute Gasteiger partial charge is 0.289 e. The lowest BCUT2D eigenvalue weighted by Crippen LogP contribution is -2.54. The predicted octanol–water partition coefficient (Wildman–Crippen LogP) is 3.37. The number of hydrogen-bond acceptors (Lipinski definition) is 4. The fourth-order valence-electron chi connectivity index (χ4n) is 4.42. The van der Waals surface area contributed by atoms with E-state index < -0.39 is 0 Å². The van der Waals surface area contributed by atoms with Gasteiger partial charge in [-0.05, 0) is 37.5 Å². The standard InChI is InChI=1S/C24H32N4O3.HI/c1-2-25-23(28-14-12-27(13-15-28)22(29)21-9-6-16-31-21)26-19-24(10-17-30-18-11-24)20-7-4-3-5-8-20;/h3-9,16H,2,10-15,17-19H2,1H3,(H,25,26);1H. The molecule has 0 bridgehead atoms. The minimum atomic E-state index is -0.0446. The molecule has 0 radical (unpaired) electrons. The summed E-state index contributed by atoms with van der Waals surface area (Å²) in [5.41, 5.74) is 1.35. The Morgan fingerprint density at radius 2 is 1.72 bits per heavy atom. The summed E-state index contributed by atoms with van der Waals surface area (Å²) in [6.45, 7) is 7.99. The van der Waals surface area contributed by atoms with E-state index in [1.807, 2.05) is 4.90 Å². The molecule has 0 aliphatic carbocycles. The van der Waals surface area contributed by atoms with Gasteiger partial charge in [-0.15, -0.1) is 24.0 Å². The molecule has 8 heteroatoms. The van der Waals surface area contributed by atoms with E-state index >= 15 is 0 Å². The number of amides is 1. The maximum absolute atomic E-state index is 12.6. The number of carbonyl (C=O) groups excluding carboxylic acids is 1. The van der Waals surface area contributed by atoms with Crippen LogP contribution >= 0.6 is 24.0 Å². The first kappa shape index (κ1) is 24.6. The van der Waals surface area contributed by atoms with Gasteiger partial charge in [-0.1, -0.05) is 30.3 Å². The average molecular weight is 552 g/mol. The predicted molar refractivity (Wildman–Crippen MR) is 136 cm³/mol. The van der Waals surface area contributed by atoms with Crippen LogP contribution in [-0.4, -0.2) is 74.1 Å². The molecule has 7 nitrogen and oxygen atoms in total. The molecule has 0 saturated carbocycles. The molecule has 1 amide bonds. The number of hydrogen-bond donors (Lipinski definition) is 1. The van der Waals surface area contributed by atoms with E-state index in [9.17, 15) is 4.79 Å². The molecule has 2 fully saturated rings. The van der Waals surface area contributed by atoms with Crippen molar-refractivity contribution in [3.05, 3.63) is 60.1 Å². The molecule has 32 heavy (non-hydrogen) atoms. The SMILES string of the molecule is CCNC(=NCC1(c2ccccc2)CCOCC1)N1CCN(C(=O)c2ccco2)CC1.I. The Labute approximate surface area is 207 Å². The number of nitrogens with one attached hydrogen (secondary N) is 1. The molecular weight excluding hydrogens is 519 g/mol. The highest BCUT2D eigenvalue weighted by atomic mass is 127. The second-order valence-corrected chi connectivity index (χ2v) is 8.19. The van der Waals surface area contributed by atoms with Crippen molar-refractivity contribution < 1.29 is 13.9 Å². The number of carbonyl (C=O) groups is 1. The van der Waals surface area contributed by atoms with E-state index in [0.717, 1.165) is 58.2 Å². The lowest BCUT2D eigenvalue weighted by Gasteiger charge is -2.38. The quantitative estimate of drug-likeness (QED) is 0.350. The zero-order valence-electron chi connectivity index (χ0n) is 18.7. The molecule has 174 valence electrons. The third-order valence-electron chi connectivity index (χ3n) is 6.30. The largest absolute Gasteiger partial charge is 0.459 e. The monoisotopic (exact) mass is 552 g/mol. The molecule has 0 spiro atoms. The first-order valence-corrected chi connectivity index (χ1v) is 11.2. The van der Waals surface area contributed by atoms with Gasteiger partial charge in [0.1, 0.15) is 0 Å². The van der Waals surface area contributed by atoms with Crippen LogP contribution in [0.5, 0.6) is 0 Å². The van der Waals surface area contributed by atoms with Crippen molar-refractivity contribution in [1.29, 1.82) is 0 Å². The Kier molecular flexibility index (Phi) is 8.98. The van der Waals surface area contributed by atoms with Crippen LogP contribution in [0.15, 0.2) is 58.1 Å². The molecule has 4 rings (SSSR count). The van der Waals surface area contributed by atoms with Crippen LogP contribution in [0.2, 0.25) is 0 Å². The molecule has 2 aromatic rings. The highest BCUT2D eigenvalue weighted by molar-refractivity contribution is 14.0. The van der Waals surface area contributed by atoms with Crippen LogP contribution in [0.25, 0.3) is 0 Å². The van der Waals surface area contributed by atoms with Crippen molar-refractivity contribution >= 4 is 35.8 Å². The second-order valence-electron chi connectivity index (χ2n) is 8.19. The molecule has 0 atom stereocenters. The van der Waals surface area contributed by atoms with E-state index in [0.29, 0.717) is 18.8 Å². The number of guanidine groups is 1. The first-order valence-electron chi connectivity index (χ1n) is 11.2. The van der Waals surface area contributed by atoms with Crippen LogP contribution in [0.1, 0.15) is 35.9 Å². The highest BCUT2D eigenvalue weighted by Gasteiger charge is 2.35. The molecule has 1 aromatic heterocycles. The second kappa shape index (κ2) is 11.7. The summed E-state index contributed by atoms with van der Waals surface area (Å²) in [5, 5.41) is 3.45. The van der Waals surface area contributed by atoms with E-state index in [1.165, 1.54) is 11.8 Å². The summed E-state index contributed by atoms with van der Waals surface area (Å²) in [7, 11) is 0. The van der Waals surface area contributed by atoms with Crippen LogP contribution in [-0.2, 0) is 10.2 Å². The van der Waals surface area contributed by atoms with Gasteiger partial charge in [0.05, 0.1) is 12.8 Å². The van der Waals surface area contributed by atoms with Crippen molar-refractivity contribution in [3.8, 4) is 0 Å². The van der Waals surface area contributed by atoms with Gasteiger partial charge in [0, 0.05) is 51.4 Å². The van der Waals surface area contributed by atoms with Crippen molar-refractivity contribution in [2.45, 2.75) is 25.2 Å². The zero-order chi connectivity index (χ0) is 21.5. The number of nitrogens with zero attached hydrogens (tertiary/aromatic N) is 3. The van der Waals surface area contributed by atoms with Crippen molar-refractivity contribution in [2.24, 2.45) is 4.99 Å². The molecule has 2 aliphatic rings. The Hall–Kier alpha value is -2.07. The Morgan fingerprint density at radius 1 is 1.03 bits per heavy atom. The molecule has 0 unspecified atom stereocenters. The minimum Gasteiger partial charge on any atom is -0.459 e. The zero-order valence-corrected chi connectivity index (χ0v) is 21.0. The third-order valence-corrected chi connectivity index (χ3v) is 6.30. The van der Waals surface area contributed by atoms with Gasteiger partial charge in [0.25, 0.3) is 5.91 Å². The van der Waals surface area contributed by atoms with E-state index in [1.54, 1.807) is 12.1 Å². The van der Waals surface area contributed by atoms with Gasteiger partial charge in [0.15, 0.2) is 11.7 Å². The van der Waals surface area contributed by atoms with Crippen LogP contribution in [0, 0.1) is 0 Å². The van der Waals surface area contributed by atoms with E-state index in [-0.39, 0.29) is 35.3 Å². The van der Waals surface area contributed by atoms with Crippen LogP contribution < -0.4 is 5.32 Å². The number of halogens is 1. The van der Waals surface area contributed by atoms with Crippen LogP contribution in [0.3, 0.4) is 0 Å². The Morgan fingerprint density at radius 3 is 2.34 bits per heavy atom.